The number of benzene rings is 1. The van der Waals surface area contributed by atoms with E-state index in [1.54, 1.807) is 24.3 Å². The lowest BCUT2D eigenvalue weighted by Gasteiger charge is -2.03. The van der Waals surface area contributed by atoms with Gasteiger partial charge in [0.1, 0.15) is 0 Å². The standard InChI is InChI=1S/C12H11ClN2O4S/c1-14-20(17,18)11-7-6-10(19-11)12(16)15-9-4-2-8(13)3-5-9/h2-7,14H,1H3,(H,15,16). The summed E-state index contributed by atoms with van der Waals surface area (Å²) in [5.41, 5.74) is 0.522. The van der Waals surface area contributed by atoms with Crippen molar-refractivity contribution in [3.8, 4) is 0 Å². The number of furan rings is 1. The van der Waals surface area contributed by atoms with Crippen molar-refractivity contribution in [2.45, 2.75) is 5.09 Å². The summed E-state index contributed by atoms with van der Waals surface area (Å²) in [4.78, 5) is 11.9. The number of amides is 1. The molecule has 1 aromatic carbocycles. The lowest BCUT2D eigenvalue weighted by atomic mass is 10.3. The van der Waals surface area contributed by atoms with Crippen molar-refractivity contribution < 1.29 is 17.6 Å². The molecule has 0 spiro atoms. The van der Waals surface area contributed by atoms with Crippen molar-refractivity contribution in [2.24, 2.45) is 0 Å². The summed E-state index contributed by atoms with van der Waals surface area (Å²) in [5.74, 6) is -0.654. The van der Waals surface area contributed by atoms with E-state index in [1.807, 2.05) is 0 Å². The fraction of sp³-hybridized carbons (Fsp3) is 0.0833. The van der Waals surface area contributed by atoms with Crippen molar-refractivity contribution in [1.82, 2.24) is 4.72 Å². The summed E-state index contributed by atoms with van der Waals surface area (Å²) in [6.07, 6.45) is 0. The molecule has 0 bridgehead atoms. The fourth-order valence-corrected chi connectivity index (χ4v) is 2.19. The van der Waals surface area contributed by atoms with E-state index in [2.05, 4.69) is 10.0 Å². The van der Waals surface area contributed by atoms with Crippen LogP contribution in [0.25, 0.3) is 0 Å². The van der Waals surface area contributed by atoms with E-state index in [4.69, 9.17) is 16.0 Å². The molecule has 1 aromatic heterocycles. The molecule has 0 saturated carbocycles. The van der Waals surface area contributed by atoms with Crippen LogP contribution in [0.4, 0.5) is 5.69 Å². The first-order chi connectivity index (χ1) is 9.42. The molecule has 0 fully saturated rings. The highest BCUT2D eigenvalue weighted by atomic mass is 35.5. The number of sulfonamides is 1. The lowest BCUT2D eigenvalue weighted by Crippen LogP contribution is -2.18. The largest absolute Gasteiger partial charge is 0.438 e. The van der Waals surface area contributed by atoms with E-state index in [0.717, 1.165) is 0 Å². The quantitative estimate of drug-likeness (QED) is 0.904. The summed E-state index contributed by atoms with van der Waals surface area (Å²) < 4.78 is 30.1. The molecule has 1 heterocycles. The van der Waals surface area contributed by atoms with Gasteiger partial charge in [-0.2, -0.15) is 0 Å². The van der Waals surface area contributed by atoms with Crippen LogP contribution in [-0.2, 0) is 10.0 Å². The fourth-order valence-electron chi connectivity index (χ4n) is 1.41. The van der Waals surface area contributed by atoms with Gasteiger partial charge in [-0.1, -0.05) is 11.6 Å². The van der Waals surface area contributed by atoms with Gasteiger partial charge < -0.3 is 9.73 Å². The summed E-state index contributed by atoms with van der Waals surface area (Å²) in [6.45, 7) is 0. The summed E-state index contributed by atoms with van der Waals surface area (Å²) in [7, 11) is -2.45. The number of hydrogen-bond donors (Lipinski definition) is 2. The first-order valence-corrected chi connectivity index (χ1v) is 7.39. The highest BCUT2D eigenvalue weighted by Gasteiger charge is 2.19. The molecule has 6 nitrogen and oxygen atoms in total. The second kappa shape index (κ2) is 5.66. The predicted molar refractivity (Wildman–Crippen MR) is 74.4 cm³/mol. The Morgan fingerprint density at radius 3 is 2.40 bits per heavy atom. The number of rotatable bonds is 4. The summed E-state index contributed by atoms with van der Waals surface area (Å²) in [5, 5.41) is 2.79. The Kier molecular flexibility index (Phi) is 4.12. The van der Waals surface area contributed by atoms with Crippen LogP contribution >= 0.6 is 11.6 Å². The lowest BCUT2D eigenvalue weighted by molar-refractivity contribution is 0.0991. The molecule has 2 aromatic rings. The molecule has 0 unspecified atom stereocenters. The minimum absolute atomic E-state index is 0.103. The Morgan fingerprint density at radius 1 is 1.15 bits per heavy atom. The third-order valence-corrected chi connectivity index (χ3v) is 3.98. The van der Waals surface area contributed by atoms with Gasteiger partial charge in [-0.15, -0.1) is 0 Å². The van der Waals surface area contributed by atoms with Crippen molar-refractivity contribution in [2.75, 3.05) is 12.4 Å². The van der Waals surface area contributed by atoms with E-state index in [9.17, 15) is 13.2 Å². The van der Waals surface area contributed by atoms with Gasteiger partial charge in [-0.25, -0.2) is 13.1 Å². The van der Waals surface area contributed by atoms with Crippen molar-refractivity contribution in [1.29, 1.82) is 0 Å². The maximum atomic E-state index is 11.9. The van der Waals surface area contributed by atoms with E-state index in [1.165, 1.54) is 19.2 Å². The van der Waals surface area contributed by atoms with E-state index in [0.29, 0.717) is 10.7 Å². The molecule has 0 radical (unpaired) electrons. The van der Waals surface area contributed by atoms with Crippen LogP contribution in [0.15, 0.2) is 45.9 Å². The first kappa shape index (κ1) is 14.6. The van der Waals surface area contributed by atoms with Gasteiger partial charge in [-0.05, 0) is 43.4 Å². The monoisotopic (exact) mass is 314 g/mol. The van der Waals surface area contributed by atoms with Crippen LogP contribution < -0.4 is 10.0 Å². The summed E-state index contributed by atoms with van der Waals surface area (Å²) >= 11 is 5.73. The average Bonchev–Trinajstić information content (AvgIpc) is 2.92. The molecular weight excluding hydrogens is 304 g/mol. The van der Waals surface area contributed by atoms with Crippen molar-refractivity contribution in [3.63, 3.8) is 0 Å². The normalized spacial score (nSPS) is 11.3. The Morgan fingerprint density at radius 2 is 1.80 bits per heavy atom. The predicted octanol–water partition coefficient (Wildman–Crippen LogP) is 2.09. The highest BCUT2D eigenvalue weighted by molar-refractivity contribution is 7.89. The number of hydrogen-bond acceptors (Lipinski definition) is 4. The Bertz CT molecular complexity index is 722. The molecule has 0 saturated heterocycles. The van der Waals surface area contributed by atoms with Crippen LogP contribution in [0, 0.1) is 0 Å². The van der Waals surface area contributed by atoms with E-state index < -0.39 is 15.9 Å². The number of carbonyl (C=O) groups excluding carboxylic acids is 1. The van der Waals surface area contributed by atoms with E-state index >= 15 is 0 Å². The van der Waals surface area contributed by atoms with Gasteiger partial charge in [0.25, 0.3) is 15.9 Å². The molecular formula is C12H11ClN2O4S. The second-order valence-electron chi connectivity index (χ2n) is 3.79. The molecule has 106 valence electrons. The zero-order chi connectivity index (χ0) is 14.8. The number of nitrogens with one attached hydrogen (secondary N) is 2. The van der Waals surface area contributed by atoms with Gasteiger partial charge in [0, 0.05) is 10.7 Å². The minimum Gasteiger partial charge on any atom is -0.438 e. The third kappa shape index (κ3) is 3.19. The molecule has 8 heteroatoms. The number of halogens is 1. The SMILES string of the molecule is CNS(=O)(=O)c1ccc(C(=O)Nc2ccc(Cl)cc2)o1. The third-order valence-electron chi connectivity index (χ3n) is 2.44. The van der Waals surface area contributed by atoms with Crippen molar-refractivity contribution >= 4 is 33.2 Å². The Balaban J connectivity index is 2.16. The molecule has 2 N–H and O–H groups in total. The molecule has 0 aliphatic rings. The van der Waals surface area contributed by atoms with Crippen molar-refractivity contribution in [3.05, 3.63) is 47.2 Å². The maximum Gasteiger partial charge on any atom is 0.291 e. The van der Waals surface area contributed by atoms with Crippen LogP contribution in [0.3, 0.4) is 0 Å². The van der Waals surface area contributed by atoms with Crippen LogP contribution in [0.2, 0.25) is 5.02 Å². The summed E-state index contributed by atoms with van der Waals surface area (Å²) in [6, 6.07) is 8.98. The first-order valence-electron chi connectivity index (χ1n) is 5.52. The number of anilines is 1. The van der Waals surface area contributed by atoms with Crippen LogP contribution in [0.1, 0.15) is 10.6 Å². The molecule has 0 atom stereocenters. The van der Waals surface area contributed by atoms with E-state index in [-0.39, 0.29) is 10.9 Å². The Hall–Kier alpha value is -1.83. The van der Waals surface area contributed by atoms with Gasteiger partial charge in [0.2, 0.25) is 5.09 Å². The van der Waals surface area contributed by atoms with Crippen LogP contribution in [-0.4, -0.2) is 21.4 Å². The second-order valence-corrected chi connectivity index (χ2v) is 6.04. The smallest absolute Gasteiger partial charge is 0.291 e. The highest BCUT2D eigenvalue weighted by Crippen LogP contribution is 2.17. The molecule has 20 heavy (non-hydrogen) atoms. The minimum atomic E-state index is -3.70. The van der Waals surface area contributed by atoms with Gasteiger partial charge in [-0.3, -0.25) is 4.79 Å². The Labute approximate surface area is 120 Å². The zero-order valence-corrected chi connectivity index (χ0v) is 12.0. The molecule has 0 aliphatic carbocycles. The van der Waals surface area contributed by atoms with Crippen LogP contribution in [0.5, 0.6) is 0 Å². The molecule has 2 rings (SSSR count). The number of carbonyl (C=O) groups is 1. The topological polar surface area (TPSA) is 88.4 Å². The van der Waals surface area contributed by atoms with Gasteiger partial charge >= 0.3 is 0 Å². The zero-order valence-electron chi connectivity index (χ0n) is 10.4. The maximum absolute atomic E-state index is 11.9. The van der Waals surface area contributed by atoms with Gasteiger partial charge in [0.15, 0.2) is 5.76 Å². The average molecular weight is 315 g/mol. The molecule has 1 amide bonds. The van der Waals surface area contributed by atoms with Gasteiger partial charge in [0.05, 0.1) is 0 Å². The molecule has 0 aliphatic heterocycles.